The highest BCUT2D eigenvalue weighted by Gasteiger charge is 2.28. The van der Waals surface area contributed by atoms with Crippen LogP contribution in [0.2, 0.25) is 5.02 Å². The number of hydrogen-bond donors (Lipinski definition) is 2. The molecular weight excluding hydrogens is 448 g/mol. The van der Waals surface area contributed by atoms with Crippen molar-refractivity contribution >= 4 is 61.9 Å². The first-order chi connectivity index (χ1) is 14.4. The number of morpholine rings is 1. The van der Waals surface area contributed by atoms with Crippen molar-refractivity contribution in [1.29, 1.82) is 0 Å². The van der Waals surface area contributed by atoms with E-state index in [9.17, 15) is 13.2 Å². The summed E-state index contributed by atoms with van der Waals surface area (Å²) in [7, 11) is -3.69. The van der Waals surface area contributed by atoms with E-state index in [0.717, 1.165) is 5.69 Å². The van der Waals surface area contributed by atoms with E-state index in [4.69, 9.17) is 28.6 Å². The number of thiocarbonyl (C=S) groups is 1. The molecule has 0 atom stereocenters. The molecule has 0 aromatic heterocycles. The van der Waals surface area contributed by atoms with Gasteiger partial charge in [-0.15, -0.1) is 0 Å². The van der Waals surface area contributed by atoms with Crippen molar-refractivity contribution in [2.24, 2.45) is 0 Å². The van der Waals surface area contributed by atoms with E-state index in [1.807, 2.05) is 18.2 Å². The molecule has 2 N–H and O–H groups in total. The van der Waals surface area contributed by atoms with Crippen molar-refractivity contribution < 1.29 is 17.9 Å². The fourth-order valence-electron chi connectivity index (χ4n) is 3.29. The highest BCUT2D eigenvalue weighted by atomic mass is 35.5. The Bertz CT molecular complexity index is 1100. The second kappa shape index (κ2) is 8.48. The number of rotatable bonds is 3. The minimum atomic E-state index is -3.69. The number of carbonyl (C=O) groups is 1. The van der Waals surface area contributed by atoms with Crippen LogP contribution >= 0.6 is 23.8 Å². The lowest BCUT2D eigenvalue weighted by Gasteiger charge is -2.31. The average molecular weight is 467 g/mol. The number of anilines is 3. The van der Waals surface area contributed by atoms with Crippen LogP contribution in [-0.4, -0.2) is 56.6 Å². The predicted molar refractivity (Wildman–Crippen MR) is 120 cm³/mol. The number of hydrogen-bond acceptors (Lipinski definition) is 5. The van der Waals surface area contributed by atoms with Crippen LogP contribution in [0.15, 0.2) is 47.4 Å². The zero-order valence-corrected chi connectivity index (χ0v) is 18.2. The first-order valence-electron chi connectivity index (χ1n) is 9.21. The number of halogens is 1. The van der Waals surface area contributed by atoms with Gasteiger partial charge in [0, 0.05) is 13.1 Å². The van der Waals surface area contributed by atoms with Crippen molar-refractivity contribution in [3.63, 3.8) is 0 Å². The molecule has 0 saturated carbocycles. The first-order valence-corrected chi connectivity index (χ1v) is 11.4. The summed E-state index contributed by atoms with van der Waals surface area (Å²) >= 11 is 11.8. The van der Waals surface area contributed by atoms with Gasteiger partial charge in [-0.05, 0) is 42.5 Å². The smallest absolute Gasteiger partial charge is 0.244 e. The number of sulfonamides is 1. The normalized spacial score (nSPS) is 17.2. The molecule has 4 rings (SSSR count). The van der Waals surface area contributed by atoms with Gasteiger partial charge in [0.15, 0.2) is 5.11 Å². The Morgan fingerprint density at radius 1 is 1.17 bits per heavy atom. The summed E-state index contributed by atoms with van der Waals surface area (Å²) in [4.78, 5) is 13.8. The molecule has 2 aromatic rings. The Balaban J connectivity index is 1.60. The van der Waals surface area contributed by atoms with Gasteiger partial charge in [-0.1, -0.05) is 23.7 Å². The summed E-state index contributed by atoms with van der Waals surface area (Å²) in [6.45, 7) is 1.35. The van der Waals surface area contributed by atoms with Gasteiger partial charge in [0.05, 0.1) is 40.2 Å². The molecule has 0 radical (unpaired) electrons. The van der Waals surface area contributed by atoms with Gasteiger partial charge in [0.1, 0.15) is 6.54 Å². The molecule has 8 nitrogen and oxygen atoms in total. The third-order valence-corrected chi connectivity index (χ3v) is 7.35. The van der Waals surface area contributed by atoms with Crippen LogP contribution < -0.4 is 15.5 Å². The van der Waals surface area contributed by atoms with Crippen LogP contribution in [0.1, 0.15) is 0 Å². The fourth-order valence-corrected chi connectivity index (χ4v) is 5.17. The molecule has 1 fully saturated rings. The molecule has 1 saturated heterocycles. The van der Waals surface area contributed by atoms with E-state index in [1.54, 1.807) is 11.0 Å². The number of para-hydroxylation sites is 2. The second-order valence-corrected chi connectivity index (χ2v) is 9.47. The number of fused-ring (bicyclic) bond motifs is 1. The average Bonchev–Trinajstić information content (AvgIpc) is 2.75. The number of nitrogens with zero attached hydrogens (tertiary/aromatic N) is 2. The molecular formula is C19H19ClN4O4S2. The largest absolute Gasteiger partial charge is 0.379 e. The van der Waals surface area contributed by atoms with Gasteiger partial charge >= 0.3 is 0 Å². The first kappa shape index (κ1) is 21.0. The van der Waals surface area contributed by atoms with Crippen LogP contribution in [0.5, 0.6) is 0 Å². The van der Waals surface area contributed by atoms with E-state index < -0.39 is 10.0 Å². The summed E-state index contributed by atoms with van der Waals surface area (Å²) in [6.07, 6.45) is 0. The van der Waals surface area contributed by atoms with Gasteiger partial charge in [0.2, 0.25) is 15.9 Å². The van der Waals surface area contributed by atoms with Gasteiger partial charge in [-0.3, -0.25) is 4.79 Å². The second-order valence-electron chi connectivity index (χ2n) is 6.74. The standard InChI is InChI=1S/C19H19ClN4O4S2/c20-14-6-5-13(30(26,27)23-7-9-28-10-8-23)11-16(14)22-19(29)24-12-18(25)21-15-3-1-2-4-17(15)24/h1-6,11H,7-10,12H2,(H,21,25)(H,22,29). The van der Waals surface area contributed by atoms with Crippen LogP contribution in [0.4, 0.5) is 17.1 Å². The van der Waals surface area contributed by atoms with Crippen LogP contribution in [0.3, 0.4) is 0 Å². The summed E-state index contributed by atoms with van der Waals surface area (Å²) < 4.78 is 32.5. The number of ether oxygens (including phenoxy) is 1. The van der Waals surface area contributed by atoms with E-state index in [-0.39, 0.29) is 22.5 Å². The third-order valence-electron chi connectivity index (χ3n) is 4.80. The zero-order chi connectivity index (χ0) is 21.3. The molecule has 0 aliphatic carbocycles. The molecule has 0 spiro atoms. The summed E-state index contributed by atoms with van der Waals surface area (Å²) in [5.41, 5.74) is 1.73. The van der Waals surface area contributed by atoms with Gasteiger partial charge < -0.3 is 20.3 Å². The lowest BCUT2D eigenvalue weighted by Crippen LogP contribution is -2.44. The molecule has 2 aliphatic heterocycles. The maximum atomic E-state index is 12.9. The van der Waals surface area contributed by atoms with Crippen LogP contribution in [0, 0.1) is 0 Å². The SMILES string of the molecule is O=C1CN(C(=S)Nc2cc(S(=O)(=O)N3CCOCC3)ccc2Cl)c2ccccc2N1. The molecule has 30 heavy (non-hydrogen) atoms. The van der Waals surface area contributed by atoms with Gasteiger partial charge in [-0.2, -0.15) is 4.31 Å². The topological polar surface area (TPSA) is 91.0 Å². The van der Waals surface area contributed by atoms with Crippen molar-refractivity contribution in [2.45, 2.75) is 4.90 Å². The number of carbonyl (C=O) groups excluding carboxylic acids is 1. The highest BCUT2D eigenvalue weighted by Crippen LogP contribution is 2.31. The Kier molecular flexibility index (Phi) is 5.94. The minimum absolute atomic E-state index is 0.0340. The lowest BCUT2D eigenvalue weighted by molar-refractivity contribution is -0.115. The predicted octanol–water partition coefficient (Wildman–Crippen LogP) is 2.52. The molecule has 11 heteroatoms. The van der Waals surface area contributed by atoms with Crippen molar-refractivity contribution in [1.82, 2.24) is 4.31 Å². The summed E-state index contributed by atoms with van der Waals surface area (Å²) in [5.74, 6) is -0.201. The minimum Gasteiger partial charge on any atom is -0.379 e. The Hall–Kier alpha value is -2.24. The van der Waals surface area contributed by atoms with Crippen molar-refractivity contribution in [2.75, 3.05) is 48.4 Å². The number of amides is 1. The molecule has 158 valence electrons. The molecule has 0 bridgehead atoms. The van der Waals surface area contributed by atoms with Gasteiger partial charge in [0.25, 0.3) is 0 Å². The number of benzene rings is 2. The van der Waals surface area contributed by atoms with Crippen LogP contribution in [-0.2, 0) is 19.6 Å². The molecule has 2 aliphatic rings. The highest BCUT2D eigenvalue weighted by molar-refractivity contribution is 7.89. The summed E-state index contributed by atoms with van der Waals surface area (Å²) in [5, 5.41) is 6.34. The third kappa shape index (κ3) is 4.14. The zero-order valence-electron chi connectivity index (χ0n) is 15.8. The Labute approximate surface area is 184 Å². The quantitative estimate of drug-likeness (QED) is 0.671. The van der Waals surface area contributed by atoms with E-state index >= 15 is 0 Å². The fraction of sp³-hybridized carbons (Fsp3) is 0.263. The maximum absolute atomic E-state index is 12.9. The molecule has 2 aromatic carbocycles. The Morgan fingerprint density at radius 3 is 2.67 bits per heavy atom. The lowest BCUT2D eigenvalue weighted by atomic mass is 10.2. The van der Waals surface area contributed by atoms with Crippen LogP contribution in [0.25, 0.3) is 0 Å². The van der Waals surface area contributed by atoms with E-state index in [0.29, 0.717) is 42.7 Å². The molecule has 0 unspecified atom stereocenters. The van der Waals surface area contributed by atoms with Crippen molar-refractivity contribution in [3.05, 3.63) is 47.5 Å². The van der Waals surface area contributed by atoms with E-state index in [1.165, 1.54) is 22.5 Å². The number of nitrogens with one attached hydrogen (secondary N) is 2. The van der Waals surface area contributed by atoms with Crippen molar-refractivity contribution in [3.8, 4) is 0 Å². The summed E-state index contributed by atoms with van der Waals surface area (Å²) in [6, 6.07) is 11.7. The molecule has 1 amide bonds. The van der Waals surface area contributed by atoms with Gasteiger partial charge in [-0.25, -0.2) is 8.42 Å². The Morgan fingerprint density at radius 2 is 1.90 bits per heavy atom. The maximum Gasteiger partial charge on any atom is 0.244 e. The molecule has 2 heterocycles. The monoisotopic (exact) mass is 466 g/mol. The van der Waals surface area contributed by atoms with E-state index in [2.05, 4.69) is 10.6 Å².